The quantitative estimate of drug-likeness (QED) is 0.666. The van der Waals surface area contributed by atoms with Gasteiger partial charge in [0.1, 0.15) is 0 Å². The molecule has 0 spiro atoms. The van der Waals surface area contributed by atoms with E-state index in [1.807, 2.05) is 11.8 Å². The topological polar surface area (TPSA) is 46.2 Å². The highest BCUT2D eigenvalue weighted by Gasteiger charge is 2.39. The number of hydrogen-bond donors (Lipinski definition) is 2. The van der Waals surface area contributed by atoms with Crippen molar-refractivity contribution in [2.45, 2.75) is 64.9 Å². The van der Waals surface area contributed by atoms with E-state index in [0.29, 0.717) is 6.54 Å². The van der Waals surface area contributed by atoms with Gasteiger partial charge in [0, 0.05) is 12.0 Å². The molecule has 1 unspecified atom stereocenters. The van der Waals surface area contributed by atoms with Crippen LogP contribution in [0, 0.1) is 11.3 Å². The predicted molar refractivity (Wildman–Crippen MR) is 82.0 cm³/mol. The minimum absolute atomic E-state index is 0.0263. The van der Waals surface area contributed by atoms with Gasteiger partial charge < -0.3 is 10.8 Å². The molecule has 0 aliphatic heterocycles. The first-order chi connectivity index (χ1) is 8.68. The van der Waals surface area contributed by atoms with Crippen molar-refractivity contribution >= 4 is 11.8 Å². The van der Waals surface area contributed by atoms with Gasteiger partial charge in [-0.15, -0.1) is 0 Å². The van der Waals surface area contributed by atoms with Gasteiger partial charge in [-0.25, -0.2) is 0 Å². The Kier molecular flexibility index (Phi) is 7.66. The van der Waals surface area contributed by atoms with E-state index < -0.39 is 0 Å². The fraction of sp³-hybridized carbons (Fsp3) is 1.00. The van der Waals surface area contributed by atoms with E-state index in [-0.39, 0.29) is 11.5 Å². The molecule has 18 heavy (non-hydrogen) atoms. The lowest BCUT2D eigenvalue weighted by Crippen LogP contribution is -2.44. The third kappa shape index (κ3) is 4.43. The van der Waals surface area contributed by atoms with E-state index in [9.17, 15) is 5.11 Å². The molecule has 0 aromatic carbocycles. The molecule has 1 aliphatic rings. The summed E-state index contributed by atoms with van der Waals surface area (Å²) < 4.78 is 0. The second-order valence-electron chi connectivity index (χ2n) is 5.80. The smallest absolute Gasteiger partial charge is 0.0616 e. The molecule has 0 bridgehead atoms. The van der Waals surface area contributed by atoms with Crippen molar-refractivity contribution in [1.29, 1.82) is 0 Å². The van der Waals surface area contributed by atoms with Crippen molar-refractivity contribution in [3.63, 3.8) is 0 Å². The highest BCUT2D eigenvalue weighted by molar-refractivity contribution is 7.99. The zero-order valence-electron chi connectivity index (χ0n) is 12.2. The average Bonchev–Trinajstić information content (AvgIpc) is 2.40. The Hall–Kier alpha value is 0.270. The predicted octanol–water partition coefficient (Wildman–Crippen LogP) is 3.43. The van der Waals surface area contributed by atoms with Crippen LogP contribution in [0.25, 0.3) is 0 Å². The molecule has 1 saturated carbocycles. The number of thioether (sulfide) groups is 1. The maximum Gasteiger partial charge on any atom is 0.0616 e. The van der Waals surface area contributed by atoms with Crippen molar-refractivity contribution < 1.29 is 5.11 Å². The maximum absolute atomic E-state index is 10.5. The van der Waals surface area contributed by atoms with Crippen LogP contribution in [0.1, 0.15) is 58.8 Å². The average molecular weight is 273 g/mol. The van der Waals surface area contributed by atoms with Crippen molar-refractivity contribution in [3.8, 4) is 0 Å². The highest BCUT2D eigenvalue weighted by atomic mass is 32.2. The van der Waals surface area contributed by atoms with Crippen LogP contribution >= 0.6 is 11.8 Å². The first kappa shape index (κ1) is 16.3. The third-order valence-corrected chi connectivity index (χ3v) is 5.58. The van der Waals surface area contributed by atoms with Crippen LogP contribution in [0.15, 0.2) is 0 Å². The Morgan fingerprint density at radius 2 is 2.00 bits per heavy atom. The van der Waals surface area contributed by atoms with Gasteiger partial charge in [-0.2, -0.15) is 11.8 Å². The second-order valence-corrected chi connectivity index (χ2v) is 7.19. The Bertz CT molecular complexity index is 215. The summed E-state index contributed by atoms with van der Waals surface area (Å²) in [5, 5.41) is 10.5. The van der Waals surface area contributed by atoms with Crippen LogP contribution in [0.2, 0.25) is 0 Å². The van der Waals surface area contributed by atoms with Gasteiger partial charge in [0.2, 0.25) is 0 Å². The second kappa shape index (κ2) is 8.44. The first-order valence-electron chi connectivity index (χ1n) is 7.64. The van der Waals surface area contributed by atoms with Gasteiger partial charge in [0.25, 0.3) is 0 Å². The van der Waals surface area contributed by atoms with Gasteiger partial charge in [-0.1, -0.05) is 26.7 Å². The van der Waals surface area contributed by atoms with E-state index >= 15 is 0 Å². The summed E-state index contributed by atoms with van der Waals surface area (Å²) in [5.41, 5.74) is 6.02. The van der Waals surface area contributed by atoms with E-state index in [2.05, 4.69) is 13.8 Å². The van der Waals surface area contributed by atoms with Crippen LogP contribution < -0.4 is 5.73 Å². The zero-order valence-corrected chi connectivity index (χ0v) is 13.0. The molecule has 3 heteroatoms. The van der Waals surface area contributed by atoms with Gasteiger partial charge in [-0.05, 0) is 49.5 Å². The Morgan fingerprint density at radius 1 is 1.33 bits per heavy atom. The van der Waals surface area contributed by atoms with Gasteiger partial charge in [0.15, 0.2) is 0 Å². The molecule has 1 aliphatic carbocycles. The lowest BCUT2D eigenvalue weighted by Gasteiger charge is -2.43. The summed E-state index contributed by atoms with van der Waals surface area (Å²) in [7, 11) is 0. The zero-order chi connectivity index (χ0) is 13.4. The number of aliphatic hydroxyl groups is 1. The van der Waals surface area contributed by atoms with Crippen LogP contribution in [-0.2, 0) is 0 Å². The molecule has 0 aromatic heterocycles. The fourth-order valence-electron chi connectivity index (χ4n) is 3.27. The monoisotopic (exact) mass is 273 g/mol. The van der Waals surface area contributed by atoms with E-state index in [1.165, 1.54) is 25.7 Å². The molecule has 0 amide bonds. The molecule has 1 atom stereocenters. The van der Waals surface area contributed by atoms with Crippen LogP contribution in [0.3, 0.4) is 0 Å². The Morgan fingerprint density at radius 3 is 2.50 bits per heavy atom. The molecule has 2 nitrogen and oxygen atoms in total. The van der Waals surface area contributed by atoms with Crippen molar-refractivity contribution in [1.82, 2.24) is 0 Å². The largest absolute Gasteiger partial charge is 0.392 e. The number of hydrogen-bond acceptors (Lipinski definition) is 3. The third-order valence-electron chi connectivity index (χ3n) is 4.65. The van der Waals surface area contributed by atoms with Crippen LogP contribution in [0.4, 0.5) is 0 Å². The maximum atomic E-state index is 10.5. The fourth-order valence-corrected chi connectivity index (χ4v) is 3.95. The first-order valence-corrected chi connectivity index (χ1v) is 8.80. The van der Waals surface area contributed by atoms with Crippen LogP contribution in [0.5, 0.6) is 0 Å². The summed E-state index contributed by atoms with van der Waals surface area (Å²) in [6.07, 6.45) is 8.15. The minimum atomic E-state index is -0.191. The van der Waals surface area contributed by atoms with Crippen LogP contribution in [-0.4, -0.2) is 29.3 Å². The number of aliphatic hydroxyl groups excluding tert-OH is 1. The van der Waals surface area contributed by atoms with Gasteiger partial charge in [0.05, 0.1) is 6.10 Å². The van der Waals surface area contributed by atoms with Crippen molar-refractivity contribution in [2.75, 3.05) is 18.1 Å². The van der Waals surface area contributed by atoms with E-state index in [4.69, 9.17) is 5.73 Å². The lowest BCUT2D eigenvalue weighted by atomic mass is 9.66. The lowest BCUT2D eigenvalue weighted by molar-refractivity contribution is -0.0101. The van der Waals surface area contributed by atoms with E-state index in [0.717, 1.165) is 36.7 Å². The molecule has 0 aromatic rings. The Balaban J connectivity index is 2.43. The molecule has 0 saturated heterocycles. The summed E-state index contributed by atoms with van der Waals surface area (Å²) >= 11 is 1.92. The molecular formula is C15H31NOS. The van der Waals surface area contributed by atoms with Gasteiger partial charge in [-0.3, -0.25) is 0 Å². The highest BCUT2D eigenvalue weighted by Crippen LogP contribution is 2.43. The summed E-state index contributed by atoms with van der Waals surface area (Å²) in [5.74, 6) is 3.09. The van der Waals surface area contributed by atoms with Crippen molar-refractivity contribution in [2.24, 2.45) is 17.1 Å². The van der Waals surface area contributed by atoms with E-state index in [1.54, 1.807) is 0 Å². The number of nitrogens with two attached hydrogens (primary N) is 1. The number of rotatable bonds is 8. The minimum Gasteiger partial charge on any atom is -0.392 e. The molecule has 1 rings (SSSR count). The normalized spacial score (nSPS) is 30.3. The Labute approximate surface area is 117 Å². The SMILES string of the molecule is CCCC1CCC(CN)(C(O)CCSCC)CC1. The molecule has 0 radical (unpaired) electrons. The van der Waals surface area contributed by atoms with Gasteiger partial charge >= 0.3 is 0 Å². The summed E-state index contributed by atoms with van der Waals surface area (Å²) in [6.45, 7) is 5.09. The molecule has 0 heterocycles. The van der Waals surface area contributed by atoms with Crippen molar-refractivity contribution in [3.05, 3.63) is 0 Å². The molecule has 3 N–H and O–H groups in total. The molecule has 108 valence electrons. The summed E-state index contributed by atoms with van der Waals surface area (Å²) in [4.78, 5) is 0. The standard InChI is InChI=1S/C15H31NOS/c1-3-5-13-6-9-15(12-16,10-7-13)14(17)8-11-18-4-2/h13-14,17H,3-12,16H2,1-2H3. The molecular weight excluding hydrogens is 242 g/mol. The summed E-state index contributed by atoms with van der Waals surface area (Å²) in [6, 6.07) is 0. The molecule has 1 fully saturated rings.